The van der Waals surface area contributed by atoms with Crippen molar-refractivity contribution >= 4 is 46.4 Å². The van der Waals surface area contributed by atoms with E-state index in [4.69, 9.17) is 28.2 Å². The van der Waals surface area contributed by atoms with Crippen LogP contribution in [0.1, 0.15) is 54.8 Å². The van der Waals surface area contributed by atoms with Gasteiger partial charge in [0.25, 0.3) is 5.91 Å². The molecule has 230 valence electrons. The molecule has 1 saturated heterocycles. The maximum Gasteiger partial charge on any atom is 0.271 e. The monoisotopic (exact) mass is 631 g/mol. The first-order valence-electron chi connectivity index (χ1n) is 15.4. The average molecular weight is 633 g/mol. The third-order valence-corrected chi connectivity index (χ3v) is 9.36. The summed E-state index contributed by atoms with van der Waals surface area (Å²) in [6.45, 7) is 14.0. The van der Waals surface area contributed by atoms with E-state index in [0.29, 0.717) is 40.8 Å². The van der Waals surface area contributed by atoms with Crippen LogP contribution in [0, 0.1) is 6.92 Å². The van der Waals surface area contributed by atoms with E-state index >= 15 is 0 Å². The van der Waals surface area contributed by atoms with Gasteiger partial charge in [0.2, 0.25) is 5.95 Å². The molecule has 8 nitrogen and oxygen atoms in total. The number of benzene rings is 2. The number of hydrogen-bond donors (Lipinski definition) is 1. The summed E-state index contributed by atoms with van der Waals surface area (Å²) in [6, 6.07) is 16.4. The molecule has 4 aromatic rings. The van der Waals surface area contributed by atoms with Crippen molar-refractivity contribution in [3.63, 3.8) is 0 Å². The number of nitrogens with zero attached hydrogens (tertiary/aromatic N) is 6. The Hall–Kier alpha value is -3.59. The van der Waals surface area contributed by atoms with Crippen LogP contribution in [0.2, 0.25) is 10.0 Å². The molecular weight excluding hydrogens is 593 g/mol. The van der Waals surface area contributed by atoms with Gasteiger partial charge in [-0.05, 0) is 74.7 Å². The average Bonchev–Trinajstić information content (AvgIpc) is 3.46. The number of amides is 1. The fourth-order valence-corrected chi connectivity index (χ4v) is 6.75. The summed E-state index contributed by atoms with van der Waals surface area (Å²) in [4.78, 5) is 30.0. The van der Waals surface area contributed by atoms with Gasteiger partial charge in [-0.15, -0.1) is 0 Å². The molecule has 0 bridgehead atoms. The maximum atomic E-state index is 13.7. The van der Waals surface area contributed by atoms with Crippen LogP contribution >= 0.6 is 23.2 Å². The van der Waals surface area contributed by atoms with E-state index in [1.54, 1.807) is 6.20 Å². The molecule has 0 unspecified atom stereocenters. The fraction of sp³-hybridized carbons (Fsp3) is 0.382. The SMILES string of the molecule is CC[C@H](c1cccc(Cl)c1)N1CCn2cc(-c3nc(Nc4ccc(N5CCN(C(C)C)CC5)cc4Cl)ncc3C)cc2C1=O. The summed E-state index contributed by atoms with van der Waals surface area (Å²) < 4.78 is 2.03. The van der Waals surface area contributed by atoms with E-state index in [1.165, 1.54) is 0 Å². The lowest BCUT2D eigenvalue weighted by atomic mass is 10.0. The number of fused-ring (bicyclic) bond motifs is 1. The van der Waals surface area contributed by atoms with Crippen LogP contribution in [-0.2, 0) is 6.54 Å². The number of carbonyl (C=O) groups is 1. The van der Waals surface area contributed by atoms with Gasteiger partial charge in [-0.2, -0.15) is 0 Å². The Morgan fingerprint density at radius 3 is 2.48 bits per heavy atom. The molecule has 1 atom stereocenters. The first-order valence-corrected chi connectivity index (χ1v) is 16.1. The van der Waals surface area contributed by atoms with Crippen LogP contribution in [0.3, 0.4) is 0 Å². The van der Waals surface area contributed by atoms with Gasteiger partial charge in [0, 0.05) is 74.0 Å². The molecule has 4 heterocycles. The van der Waals surface area contributed by atoms with Crippen LogP contribution in [-0.4, -0.2) is 69.0 Å². The Morgan fingerprint density at radius 2 is 1.77 bits per heavy atom. The highest BCUT2D eigenvalue weighted by Gasteiger charge is 2.31. The van der Waals surface area contributed by atoms with Crippen LogP contribution < -0.4 is 10.2 Å². The van der Waals surface area contributed by atoms with Crippen LogP contribution in [0.15, 0.2) is 60.9 Å². The standard InChI is InChI=1S/C34H39Cl2N7O/c1-5-30(24-7-6-8-26(35)17-24)43-16-15-42-21-25(18-31(42)33(43)44)32-23(4)20-37-34(39-32)38-29-10-9-27(19-28(29)36)41-13-11-40(12-14-41)22(2)3/h6-10,17-22,30H,5,11-16H2,1-4H3,(H,37,38,39)/t30-/m1/s1. The van der Waals surface area contributed by atoms with E-state index in [-0.39, 0.29) is 11.9 Å². The molecule has 1 N–H and O–H groups in total. The highest BCUT2D eigenvalue weighted by Crippen LogP contribution is 2.34. The molecular formula is C34H39Cl2N7O. The lowest BCUT2D eigenvalue weighted by molar-refractivity contribution is 0.0610. The normalized spacial score (nSPS) is 16.4. The predicted molar refractivity (Wildman–Crippen MR) is 179 cm³/mol. The lowest BCUT2D eigenvalue weighted by Crippen LogP contribution is -2.48. The molecule has 44 heavy (non-hydrogen) atoms. The zero-order valence-corrected chi connectivity index (χ0v) is 27.2. The number of hydrogen-bond acceptors (Lipinski definition) is 6. The quantitative estimate of drug-likeness (QED) is 0.218. The minimum atomic E-state index is -0.0364. The number of piperazine rings is 1. The van der Waals surface area contributed by atoms with Crippen LogP contribution in [0.4, 0.5) is 17.3 Å². The van der Waals surface area contributed by atoms with Crippen molar-refractivity contribution in [2.45, 2.75) is 52.7 Å². The predicted octanol–water partition coefficient (Wildman–Crippen LogP) is 7.44. The highest BCUT2D eigenvalue weighted by atomic mass is 35.5. The number of rotatable bonds is 8. The molecule has 0 radical (unpaired) electrons. The molecule has 2 aromatic carbocycles. The van der Waals surface area contributed by atoms with Crippen molar-refractivity contribution < 1.29 is 4.79 Å². The second-order valence-corrected chi connectivity index (χ2v) is 12.8. The van der Waals surface area contributed by atoms with Gasteiger partial charge in [0.05, 0.1) is 22.4 Å². The van der Waals surface area contributed by atoms with Gasteiger partial charge in [0.15, 0.2) is 0 Å². The van der Waals surface area contributed by atoms with Gasteiger partial charge in [-0.25, -0.2) is 9.97 Å². The first-order chi connectivity index (χ1) is 21.2. The van der Waals surface area contributed by atoms with Crippen LogP contribution in [0.5, 0.6) is 0 Å². The number of halogens is 2. The minimum absolute atomic E-state index is 0.0110. The topological polar surface area (TPSA) is 69.5 Å². The van der Waals surface area contributed by atoms with E-state index in [2.05, 4.69) is 46.9 Å². The van der Waals surface area contributed by atoms with Crippen molar-refractivity contribution in [2.24, 2.45) is 0 Å². The number of aromatic nitrogens is 3. The van der Waals surface area contributed by atoms with Crippen molar-refractivity contribution in [3.05, 3.63) is 87.8 Å². The summed E-state index contributed by atoms with van der Waals surface area (Å²) >= 11 is 13.0. The van der Waals surface area contributed by atoms with Gasteiger partial charge >= 0.3 is 0 Å². The fourth-order valence-electron chi connectivity index (χ4n) is 6.33. The maximum absolute atomic E-state index is 13.7. The summed E-state index contributed by atoms with van der Waals surface area (Å²) in [5.74, 6) is 0.465. The zero-order valence-electron chi connectivity index (χ0n) is 25.7. The lowest BCUT2D eigenvalue weighted by Gasteiger charge is -2.38. The number of nitrogens with one attached hydrogen (secondary N) is 1. The second-order valence-electron chi connectivity index (χ2n) is 11.9. The molecule has 1 amide bonds. The van der Waals surface area contributed by atoms with Crippen LogP contribution in [0.25, 0.3) is 11.3 Å². The van der Waals surface area contributed by atoms with Crippen molar-refractivity contribution in [1.29, 1.82) is 0 Å². The Morgan fingerprint density at radius 1 is 0.977 bits per heavy atom. The molecule has 6 rings (SSSR count). The van der Waals surface area contributed by atoms with E-state index in [0.717, 1.165) is 66.4 Å². The van der Waals surface area contributed by atoms with Gasteiger partial charge < -0.3 is 19.7 Å². The Kier molecular flexibility index (Phi) is 8.85. The van der Waals surface area contributed by atoms with E-state index in [1.807, 2.05) is 65.1 Å². The molecule has 2 aliphatic heterocycles. The third-order valence-electron chi connectivity index (χ3n) is 8.81. The molecule has 0 saturated carbocycles. The molecule has 1 fully saturated rings. The molecule has 0 aliphatic carbocycles. The first kappa shape index (κ1) is 30.4. The van der Waals surface area contributed by atoms with Gasteiger partial charge in [-0.1, -0.05) is 42.3 Å². The number of aryl methyl sites for hydroxylation is 1. The van der Waals surface area contributed by atoms with E-state index in [9.17, 15) is 4.79 Å². The van der Waals surface area contributed by atoms with Crippen molar-refractivity contribution in [1.82, 2.24) is 24.3 Å². The molecule has 0 spiro atoms. The Labute approximate surface area is 269 Å². The summed E-state index contributed by atoms with van der Waals surface area (Å²) in [5, 5.41) is 4.61. The summed E-state index contributed by atoms with van der Waals surface area (Å²) in [5.41, 5.74) is 6.17. The second kappa shape index (κ2) is 12.8. The molecule has 10 heteroatoms. The largest absolute Gasteiger partial charge is 0.369 e. The van der Waals surface area contributed by atoms with Gasteiger partial charge in [0.1, 0.15) is 5.69 Å². The summed E-state index contributed by atoms with van der Waals surface area (Å²) in [7, 11) is 0. The third kappa shape index (κ3) is 6.16. The minimum Gasteiger partial charge on any atom is -0.369 e. The highest BCUT2D eigenvalue weighted by molar-refractivity contribution is 6.33. The van der Waals surface area contributed by atoms with Gasteiger partial charge in [-0.3, -0.25) is 9.69 Å². The number of anilines is 3. The Balaban J connectivity index is 1.20. The zero-order chi connectivity index (χ0) is 31.0. The summed E-state index contributed by atoms with van der Waals surface area (Å²) in [6.07, 6.45) is 4.63. The number of carbonyl (C=O) groups excluding carboxylic acids is 1. The smallest absolute Gasteiger partial charge is 0.271 e. The van der Waals surface area contributed by atoms with E-state index < -0.39 is 0 Å². The molecule has 2 aliphatic rings. The Bertz CT molecular complexity index is 1660. The van der Waals surface area contributed by atoms with Crippen molar-refractivity contribution in [3.8, 4) is 11.3 Å². The van der Waals surface area contributed by atoms with Crippen molar-refractivity contribution in [2.75, 3.05) is 42.9 Å². The molecule has 2 aromatic heterocycles.